The summed E-state index contributed by atoms with van der Waals surface area (Å²) in [6.07, 6.45) is 2.78. The number of hydrogen-bond donors (Lipinski definition) is 2. The van der Waals surface area contributed by atoms with Crippen molar-refractivity contribution in [2.75, 3.05) is 5.73 Å². The van der Waals surface area contributed by atoms with Crippen molar-refractivity contribution in [2.24, 2.45) is 0 Å². The van der Waals surface area contributed by atoms with Gasteiger partial charge >= 0.3 is 0 Å². The van der Waals surface area contributed by atoms with Gasteiger partial charge in [-0.2, -0.15) is 0 Å². The highest BCUT2D eigenvalue weighted by atomic mass is 19.1. The van der Waals surface area contributed by atoms with Gasteiger partial charge in [0.15, 0.2) is 11.5 Å². The number of hydrogen-bond acceptors (Lipinski definition) is 6. The van der Waals surface area contributed by atoms with Crippen molar-refractivity contribution in [3.8, 4) is 28.5 Å². The van der Waals surface area contributed by atoms with Gasteiger partial charge in [-0.3, -0.25) is 9.55 Å². The third kappa shape index (κ3) is 4.28. The molecule has 7 nitrogen and oxygen atoms in total. The summed E-state index contributed by atoms with van der Waals surface area (Å²) in [4.78, 5) is 17.9. The maximum Gasteiger partial charge on any atom is 0.165 e. The Bertz CT molecular complexity index is 1380. The molecule has 0 amide bonds. The first-order valence-electron chi connectivity index (χ1n) is 10.6. The fourth-order valence-corrected chi connectivity index (χ4v) is 3.41. The van der Waals surface area contributed by atoms with E-state index >= 15 is 0 Å². The van der Waals surface area contributed by atoms with Crippen molar-refractivity contribution < 1.29 is 9.50 Å². The Kier molecular flexibility index (Phi) is 6.37. The molecular formula is C25H23FN6O. The number of aromatic nitrogens is 5. The monoisotopic (exact) mass is 442 g/mol. The third-order valence-corrected chi connectivity index (χ3v) is 4.95. The number of pyridine rings is 3. The largest absolute Gasteiger partial charge is 0.392 e. The van der Waals surface area contributed by atoms with Crippen molar-refractivity contribution in [3.63, 3.8) is 0 Å². The minimum Gasteiger partial charge on any atom is -0.392 e. The summed E-state index contributed by atoms with van der Waals surface area (Å²) in [6, 6.07) is 17.7. The molecule has 0 aliphatic rings. The highest BCUT2D eigenvalue weighted by Gasteiger charge is 2.18. The maximum atomic E-state index is 13.3. The van der Waals surface area contributed by atoms with Crippen LogP contribution in [-0.2, 0) is 6.61 Å². The molecule has 0 unspecified atom stereocenters. The number of aliphatic hydroxyl groups excluding tert-OH is 1. The summed E-state index contributed by atoms with van der Waals surface area (Å²) < 4.78 is 15.2. The summed E-state index contributed by atoms with van der Waals surface area (Å²) >= 11 is 0. The Morgan fingerprint density at radius 2 is 1.67 bits per heavy atom. The molecule has 0 saturated heterocycles. The molecule has 33 heavy (non-hydrogen) atoms. The average Bonchev–Trinajstić information content (AvgIpc) is 3.24. The molecule has 0 spiro atoms. The van der Waals surface area contributed by atoms with Gasteiger partial charge in [-0.05, 0) is 54.1 Å². The van der Waals surface area contributed by atoms with Gasteiger partial charge in [0, 0.05) is 11.9 Å². The standard InChI is InChI=1S/C23H17FN6O.C2H6/c24-15-5-8-18(27-12-15)19-9-10-20-23(28-19)30(16-6-3-14(13-31)4-7-16)22(29-20)17-2-1-11-26-21(17)25;1-2/h1-12,31H,13H2,(H2,25,26);1-2H3. The molecule has 0 aliphatic heterocycles. The highest BCUT2D eigenvalue weighted by molar-refractivity contribution is 5.84. The van der Waals surface area contributed by atoms with Crippen LogP contribution in [0.3, 0.4) is 0 Å². The average molecular weight is 442 g/mol. The Morgan fingerprint density at radius 3 is 2.33 bits per heavy atom. The number of fused-ring (bicyclic) bond motifs is 1. The van der Waals surface area contributed by atoms with Crippen LogP contribution in [-0.4, -0.2) is 29.6 Å². The minimum absolute atomic E-state index is 0.0496. The van der Waals surface area contributed by atoms with E-state index in [9.17, 15) is 9.50 Å². The highest BCUT2D eigenvalue weighted by Crippen LogP contribution is 2.31. The molecule has 4 aromatic heterocycles. The zero-order valence-electron chi connectivity index (χ0n) is 18.3. The molecule has 166 valence electrons. The lowest BCUT2D eigenvalue weighted by Crippen LogP contribution is -2.02. The van der Waals surface area contributed by atoms with Gasteiger partial charge < -0.3 is 10.8 Å². The van der Waals surface area contributed by atoms with E-state index in [0.717, 1.165) is 17.4 Å². The summed E-state index contributed by atoms with van der Waals surface area (Å²) in [5, 5.41) is 9.39. The summed E-state index contributed by atoms with van der Waals surface area (Å²) in [6.45, 7) is 3.95. The van der Waals surface area contributed by atoms with E-state index in [4.69, 9.17) is 15.7 Å². The minimum atomic E-state index is -0.409. The molecule has 0 bridgehead atoms. The van der Waals surface area contributed by atoms with Gasteiger partial charge in [0.1, 0.15) is 17.2 Å². The predicted octanol–water partition coefficient (Wildman–Crippen LogP) is 4.78. The van der Waals surface area contributed by atoms with E-state index < -0.39 is 5.82 Å². The number of anilines is 1. The first-order chi connectivity index (χ1) is 16.1. The quantitative estimate of drug-likeness (QED) is 0.415. The Labute approximate surface area is 190 Å². The summed E-state index contributed by atoms with van der Waals surface area (Å²) in [5.41, 5.74) is 10.8. The SMILES string of the molecule is CC.Nc1ncccc1-c1nc2ccc(-c3ccc(F)cn3)nc2n1-c1ccc(CO)cc1. The van der Waals surface area contributed by atoms with Crippen molar-refractivity contribution in [1.82, 2.24) is 24.5 Å². The van der Waals surface area contributed by atoms with Crippen LogP contribution in [0.5, 0.6) is 0 Å². The molecule has 5 aromatic rings. The lowest BCUT2D eigenvalue weighted by molar-refractivity contribution is 0.282. The van der Waals surface area contributed by atoms with Crippen molar-refractivity contribution in [1.29, 1.82) is 0 Å². The molecule has 3 N–H and O–H groups in total. The van der Waals surface area contributed by atoms with E-state index in [2.05, 4.69) is 9.97 Å². The molecule has 0 aliphatic carbocycles. The van der Waals surface area contributed by atoms with E-state index in [1.54, 1.807) is 24.4 Å². The number of benzene rings is 1. The van der Waals surface area contributed by atoms with Gasteiger partial charge in [0.25, 0.3) is 0 Å². The van der Waals surface area contributed by atoms with E-state index in [1.807, 2.05) is 54.8 Å². The first-order valence-corrected chi connectivity index (χ1v) is 10.6. The lowest BCUT2D eigenvalue weighted by atomic mass is 10.2. The molecule has 0 saturated carbocycles. The molecule has 1 aromatic carbocycles. The van der Waals surface area contributed by atoms with Crippen LogP contribution in [0, 0.1) is 5.82 Å². The first kappa shape index (κ1) is 22.0. The van der Waals surface area contributed by atoms with Crippen LogP contribution >= 0.6 is 0 Å². The van der Waals surface area contributed by atoms with Crippen LogP contribution in [0.1, 0.15) is 19.4 Å². The molecule has 0 radical (unpaired) electrons. The number of nitrogens with two attached hydrogens (primary N) is 1. The van der Waals surface area contributed by atoms with Gasteiger partial charge in [0.2, 0.25) is 0 Å². The number of aliphatic hydroxyl groups is 1. The van der Waals surface area contributed by atoms with E-state index in [-0.39, 0.29) is 6.61 Å². The Balaban J connectivity index is 0.00000126. The summed E-state index contributed by atoms with van der Waals surface area (Å²) in [5.74, 6) is 0.536. The van der Waals surface area contributed by atoms with Gasteiger partial charge in [-0.15, -0.1) is 0 Å². The fourth-order valence-electron chi connectivity index (χ4n) is 3.41. The topological polar surface area (TPSA) is 103 Å². The van der Waals surface area contributed by atoms with E-state index in [0.29, 0.717) is 39.8 Å². The second-order valence-electron chi connectivity index (χ2n) is 6.93. The molecular weight excluding hydrogens is 419 g/mol. The van der Waals surface area contributed by atoms with Crippen molar-refractivity contribution in [2.45, 2.75) is 20.5 Å². The zero-order valence-corrected chi connectivity index (χ0v) is 18.3. The van der Waals surface area contributed by atoms with Crippen LogP contribution in [0.25, 0.3) is 39.6 Å². The van der Waals surface area contributed by atoms with Crippen LogP contribution in [0.15, 0.2) is 73.1 Å². The third-order valence-electron chi connectivity index (χ3n) is 4.95. The van der Waals surface area contributed by atoms with Gasteiger partial charge in [0.05, 0.1) is 29.8 Å². The second kappa shape index (κ2) is 9.54. The number of imidazole rings is 1. The zero-order chi connectivity index (χ0) is 23.4. The number of halogens is 1. The van der Waals surface area contributed by atoms with Crippen molar-refractivity contribution in [3.05, 3.63) is 84.4 Å². The number of nitrogens with zero attached hydrogens (tertiary/aromatic N) is 5. The van der Waals surface area contributed by atoms with Crippen LogP contribution in [0.2, 0.25) is 0 Å². The molecule has 8 heteroatoms. The lowest BCUT2D eigenvalue weighted by Gasteiger charge is -2.11. The van der Waals surface area contributed by atoms with Crippen molar-refractivity contribution >= 4 is 17.0 Å². The molecule has 5 rings (SSSR count). The number of nitrogen functional groups attached to an aromatic ring is 1. The van der Waals surface area contributed by atoms with Crippen LogP contribution in [0.4, 0.5) is 10.2 Å². The maximum absolute atomic E-state index is 13.3. The predicted molar refractivity (Wildman–Crippen MR) is 127 cm³/mol. The van der Waals surface area contributed by atoms with Crippen LogP contribution < -0.4 is 5.73 Å². The number of rotatable bonds is 4. The molecule has 0 atom stereocenters. The van der Waals surface area contributed by atoms with Gasteiger partial charge in [-0.1, -0.05) is 26.0 Å². The molecule has 4 heterocycles. The molecule has 0 fully saturated rings. The Hall–Kier alpha value is -4.17. The Morgan fingerprint density at radius 1 is 0.909 bits per heavy atom. The fraction of sp³-hybridized carbons (Fsp3) is 0.120. The van der Waals surface area contributed by atoms with E-state index in [1.165, 1.54) is 6.07 Å². The summed E-state index contributed by atoms with van der Waals surface area (Å²) in [7, 11) is 0. The second-order valence-corrected chi connectivity index (χ2v) is 6.93. The van der Waals surface area contributed by atoms with Gasteiger partial charge in [-0.25, -0.2) is 19.3 Å². The smallest absolute Gasteiger partial charge is 0.165 e. The normalized spacial score (nSPS) is 10.7.